The number of piperazine rings is 1. The van der Waals surface area contributed by atoms with Gasteiger partial charge in [0.1, 0.15) is 36.8 Å². The molecule has 1 aliphatic heterocycles. The number of para-hydroxylation sites is 2. The lowest BCUT2D eigenvalue weighted by molar-refractivity contribution is -0.145. The van der Waals surface area contributed by atoms with Crippen LogP contribution < -0.4 is 19.9 Å². The Labute approximate surface area is 352 Å². The number of furan rings is 1. The summed E-state index contributed by atoms with van der Waals surface area (Å²) in [6, 6.07) is 17.9. The summed E-state index contributed by atoms with van der Waals surface area (Å²) < 4.78 is 68.3. The number of rotatable bonds is 16. The molecule has 6 aromatic rings. The lowest BCUT2D eigenvalue weighted by Gasteiger charge is -2.32. The molecule has 0 spiro atoms. The Morgan fingerprint density at radius 2 is 1.87 bits per heavy atom. The monoisotopic (exact) mass is 862 g/mol. The first-order valence-electron chi connectivity index (χ1n) is 19.1. The van der Waals surface area contributed by atoms with Crippen LogP contribution in [-0.2, 0) is 11.2 Å². The average Bonchev–Trinajstić information content (AvgIpc) is 3.88. The van der Waals surface area contributed by atoms with Crippen LogP contribution in [0, 0.1) is 6.92 Å². The van der Waals surface area contributed by atoms with Crippen LogP contribution in [0.3, 0.4) is 0 Å². The van der Waals surface area contributed by atoms with Crippen LogP contribution in [0.2, 0.25) is 5.02 Å². The number of carboxylic acids is 1. The van der Waals surface area contributed by atoms with E-state index in [-0.39, 0.29) is 30.4 Å². The van der Waals surface area contributed by atoms with Crippen molar-refractivity contribution < 1.29 is 41.7 Å². The molecule has 1 aliphatic rings. The molecule has 1 saturated heterocycles. The van der Waals surface area contributed by atoms with E-state index in [2.05, 4.69) is 26.2 Å². The highest BCUT2D eigenvalue weighted by atomic mass is 35.5. The zero-order chi connectivity index (χ0) is 42.4. The van der Waals surface area contributed by atoms with Crippen molar-refractivity contribution in [3.63, 3.8) is 0 Å². The van der Waals surface area contributed by atoms with Gasteiger partial charge in [0.05, 0.1) is 32.8 Å². The highest BCUT2D eigenvalue weighted by Crippen LogP contribution is 2.47. The topological polar surface area (TPSA) is 149 Å². The number of ether oxygens (including phenoxy) is 3. The van der Waals surface area contributed by atoms with Gasteiger partial charge in [-0.25, -0.2) is 4.79 Å². The van der Waals surface area contributed by atoms with Gasteiger partial charge in [0.25, 0.3) is 0 Å². The van der Waals surface area contributed by atoms with Gasteiger partial charge >= 0.3 is 12.1 Å². The van der Waals surface area contributed by atoms with Gasteiger partial charge in [-0.2, -0.15) is 17.5 Å². The lowest BCUT2D eigenvalue weighted by Crippen LogP contribution is -2.45. The number of aromatic nitrogens is 2. The van der Waals surface area contributed by atoms with Gasteiger partial charge in [-0.1, -0.05) is 48.0 Å². The summed E-state index contributed by atoms with van der Waals surface area (Å²) in [7, 11) is 2.12. The number of aliphatic imine (C=N–C) groups is 1. The van der Waals surface area contributed by atoms with Crippen molar-refractivity contribution in [2.45, 2.75) is 25.6 Å². The summed E-state index contributed by atoms with van der Waals surface area (Å²) in [5, 5.41) is 12.3. The summed E-state index contributed by atoms with van der Waals surface area (Å²) in [5.41, 5.74) is 9.67. The molecule has 3 aromatic heterocycles. The fraction of sp³-hybridized carbons (Fsp3) is 0.302. The first-order valence-corrected chi connectivity index (χ1v) is 20.2. The summed E-state index contributed by atoms with van der Waals surface area (Å²) in [5.74, 6) is -0.455. The van der Waals surface area contributed by atoms with Crippen LogP contribution in [0.25, 0.3) is 43.4 Å². The van der Waals surface area contributed by atoms with E-state index in [1.807, 2.05) is 43.3 Å². The van der Waals surface area contributed by atoms with Crippen molar-refractivity contribution in [1.29, 1.82) is 0 Å². The minimum absolute atomic E-state index is 0.0487. The van der Waals surface area contributed by atoms with Crippen molar-refractivity contribution >= 4 is 55.9 Å². The zero-order valence-electron chi connectivity index (χ0n) is 32.7. The Hall–Kier alpha value is -5.68. The van der Waals surface area contributed by atoms with Gasteiger partial charge in [-0.3, -0.25) is 14.9 Å². The molecule has 0 amide bonds. The number of hydrogen-bond acceptors (Lipinski definition) is 12. The molecule has 314 valence electrons. The van der Waals surface area contributed by atoms with Gasteiger partial charge in [0.2, 0.25) is 12.0 Å². The second-order valence-corrected chi connectivity index (χ2v) is 15.4. The van der Waals surface area contributed by atoms with Crippen molar-refractivity contribution in [2.75, 3.05) is 59.5 Å². The Kier molecular flexibility index (Phi) is 13.2. The molecular formula is C43H42ClF3N6O6S. The van der Waals surface area contributed by atoms with Gasteiger partial charge in [0.15, 0.2) is 0 Å². The first kappa shape index (κ1) is 42.4. The Bertz CT molecular complexity index is 2530. The van der Waals surface area contributed by atoms with Crippen LogP contribution in [0.15, 0.2) is 94.8 Å². The fourth-order valence-corrected chi connectivity index (χ4v) is 7.88. The van der Waals surface area contributed by atoms with Crippen LogP contribution in [0.1, 0.15) is 11.1 Å². The number of benzene rings is 3. The van der Waals surface area contributed by atoms with Crippen LogP contribution in [-0.4, -0.2) is 108 Å². The van der Waals surface area contributed by atoms with Gasteiger partial charge < -0.3 is 34.4 Å². The summed E-state index contributed by atoms with van der Waals surface area (Å²) in [6.07, 6.45) is -0.629. The minimum atomic E-state index is -4.52. The molecule has 17 heteroatoms. The van der Waals surface area contributed by atoms with Gasteiger partial charge in [-0.05, 0) is 78.7 Å². The standard InChI is InChI=1S/C43H42ClF3N6O6S/c1-26-30(10-11-33(38(26)44)56-21-19-53-17-15-52(2)16-18-53)36-37-35(23-49-39(36)31-8-5-7-27-13-20-57-40(27)31)60-51-41(37)59-34(42(54)55)22-28-6-3-4-9-32(28)58-24-29(12-14-48)50-25-43(45,46)47/h3-14,20,23,34H,15-19,21-22,24-25,48H2,1-2H3,(H,54,55)/t34-/m1/s1. The average molecular weight is 863 g/mol. The predicted molar refractivity (Wildman–Crippen MR) is 227 cm³/mol. The maximum atomic E-state index is 12.9. The fourth-order valence-electron chi connectivity index (χ4n) is 6.96. The SMILES string of the molecule is Cc1c(-c2c(-c3cccc4ccoc34)ncc3snc(O[C@H](Cc4ccccc4OCC(C=CN)=NCC(F)(F)F)C(=O)O)c23)ccc(OCCN2CCN(C)CC2)c1Cl. The second-order valence-electron chi connectivity index (χ2n) is 14.2. The normalized spacial score (nSPS) is 14.9. The summed E-state index contributed by atoms with van der Waals surface area (Å²) >= 11 is 8.18. The van der Waals surface area contributed by atoms with Gasteiger partial charge in [-0.15, -0.1) is 0 Å². The Balaban J connectivity index is 1.24. The number of likely N-dealkylation sites (N-methyl/N-ethyl adjacent to an activating group) is 1. The molecule has 4 heterocycles. The first-order chi connectivity index (χ1) is 28.9. The number of nitrogens with zero attached hydrogens (tertiary/aromatic N) is 5. The molecule has 1 fully saturated rings. The van der Waals surface area contributed by atoms with Crippen molar-refractivity contribution in [1.82, 2.24) is 19.2 Å². The smallest absolute Gasteiger partial charge is 0.407 e. The molecule has 0 unspecified atom stereocenters. The highest BCUT2D eigenvalue weighted by molar-refractivity contribution is 7.13. The van der Waals surface area contributed by atoms with E-state index in [1.165, 1.54) is 6.08 Å². The predicted octanol–water partition coefficient (Wildman–Crippen LogP) is 8.29. The lowest BCUT2D eigenvalue weighted by atomic mass is 9.92. The summed E-state index contributed by atoms with van der Waals surface area (Å²) in [4.78, 5) is 26.1. The number of fused-ring (bicyclic) bond motifs is 2. The van der Waals surface area contributed by atoms with Crippen LogP contribution in [0.5, 0.6) is 17.4 Å². The number of carboxylic acid groups (broad SMARTS) is 1. The molecule has 0 saturated carbocycles. The van der Waals surface area contributed by atoms with Crippen LogP contribution >= 0.6 is 23.1 Å². The molecule has 0 radical (unpaired) electrons. The number of carbonyl (C=O) groups is 1. The molecule has 12 nitrogen and oxygen atoms in total. The van der Waals surface area contributed by atoms with Crippen molar-refractivity contribution in [3.8, 4) is 39.8 Å². The summed E-state index contributed by atoms with van der Waals surface area (Å²) in [6.45, 7) is 5.28. The number of pyridine rings is 1. The molecule has 1 atom stereocenters. The third kappa shape index (κ3) is 9.84. The van der Waals surface area contributed by atoms with Gasteiger partial charge in [0, 0.05) is 61.9 Å². The largest absolute Gasteiger partial charge is 0.491 e. The molecular weight excluding hydrogens is 821 g/mol. The number of hydrogen-bond donors (Lipinski definition) is 2. The zero-order valence-corrected chi connectivity index (χ0v) is 34.3. The maximum absolute atomic E-state index is 12.9. The molecule has 60 heavy (non-hydrogen) atoms. The molecule has 0 aliphatic carbocycles. The van der Waals surface area contributed by atoms with E-state index in [0.29, 0.717) is 66.6 Å². The minimum Gasteiger partial charge on any atom is -0.491 e. The van der Waals surface area contributed by atoms with E-state index in [4.69, 9.17) is 40.9 Å². The van der Waals surface area contributed by atoms with E-state index in [9.17, 15) is 23.1 Å². The molecule has 3 aromatic carbocycles. The molecule has 3 N–H and O–H groups in total. The van der Waals surface area contributed by atoms with E-state index in [1.54, 1.807) is 36.7 Å². The van der Waals surface area contributed by atoms with Crippen LogP contribution in [0.4, 0.5) is 13.2 Å². The Morgan fingerprint density at radius 3 is 2.63 bits per heavy atom. The van der Waals surface area contributed by atoms with E-state index >= 15 is 0 Å². The number of aliphatic carboxylic acids is 1. The van der Waals surface area contributed by atoms with E-state index in [0.717, 1.165) is 55.8 Å². The van der Waals surface area contributed by atoms with Crippen molar-refractivity contribution in [2.24, 2.45) is 10.7 Å². The third-order valence-corrected chi connectivity index (χ3v) is 11.4. The van der Waals surface area contributed by atoms with Crippen molar-refractivity contribution in [3.05, 3.63) is 102 Å². The third-order valence-electron chi connectivity index (χ3n) is 10.1. The highest BCUT2D eigenvalue weighted by Gasteiger charge is 2.29. The number of nitrogens with two attached hydrogens (primary N) is 1. The Morgan fingerprint density at radius 1 is 1.07 bits per heavy atom. The number of halogens is 4. The van der Waals surface area contributed by atoms with E-state index < -0.39 is 24.8 Å². The quantitative estimate of drug-likeness (QED) is 0.0906. The molecule has 0 bridgehead atoms. The number of alkyl halides is 3. The molecule has 7 rings (SSSR count). The second kappa shape index (κ2) is 18.7. The maximum Gasteiger partial charge on any atom is 0.407 e.